The third-order valence-electron chi connectivity index (χ3n) is 4.16. The third kappa shape index (κ3) is 1.72. The summed E-state index contributed by atoms with van der Waals surface area (Å²) < 4.78 is 0. The Morgan fingerprint density at radius 3 is 2.42 bits per heavy atom. The molecule has 1 aromatic rings. The van der Waals surface area contributed by atoms with Crippen LogP contribution in [-0.4, -0.2) is 16.7 Å². The van der Waals surface area contributed by atoms with Crippen LogP contribution in [0.15, 0.2) is 30.4 Å². The highest BCUT2D eigenvalue weighted by Gasteiger charge is 2.43. The van der Waals surface area contributed by atoms with Gasteiger partial charge < -0.3 is 0 Å². The first-order chi connectivity index (χ1) is 8.90. The van der Waals surface area contributed by atoms with Crippen LogP contribution in [0.1, 0.15) is 43.0 Å². The Balaban J connectivity index is 2.08. The van der Waals surface area contributed by atoms with Gasteiger partial charge >= 0.3 is 0 Å². The van der Waals surface area contributed by atoms with Gasteiger partial charge in [0.1, 0.15) is 0 Å². The van der Waals surface area contributed by atoms with Crippen LogP contribution in [-0.2, 0) is 15.0 Å². The average Bonchev–Trinajstić information content (AvgIpc) is 2.78. The second-order valence-corrected chi connectivity index (χ2v) is 6.07. The lowest BCUT2D eigenvalue weighted by Crippen LogP contribution is -2.33. The molecule has 0 bridgehead atoms. The van der Waals surface area contributed by atoms with Crippen molar-refractivity contribution in [2.75, 3.05) is 0 Å². The van der Waals surface area contributed by atoms with E-state index in [1.807, 2.05) is 6.07 Å². The maximum Gasteiger partial charge on any atom is 0.254 e. The first-order valence-electron chi connectivity index (χ1n) is 6.56. The van der Waals surface area contributed by atoms with E-state index in [4.69, 9.17) is 0 Å². The van der Waals surface area contributed by atoms with E-state index in [1.54, 1.807) is 0 Å². The smallest absolute Gasteiger partial charge is 0.254 e. The second-order valence-electron chi connectivity index (χ2n) is 6.07. The van der Waals surface area contributed by atoms with E-state index < -0.39 is 0 Å². The molecule has 1 aromatic carbocycles. The minimum Gasteiger partial charge on any atom is -0.269 e. The van der Waals surface area contributed by atoms with E-state index in [1.165, 1.54) is 28.2 Å². The molecule has 0 N–H and O–H groups in total. The van der Waals surface area contributed by atoms with Gasteiger partial charge in [0.05, 0.1) is 6.04 Å². The zero-order chi connectivity index (χ0) is 13.8. The van der Waals surface area contributed by atoms with E-state index >= 15 is 0 Å². The molecule has 98 valence electrons. The molecular formula is C16H17NO2. The molecule has 2 aliphatic rings. The summed E-state index contributed by atoms with van der Waals surface area (Å²) in [6, 6.07) is 6.16. The second kappa shape index (κ2) is 3.80. The highest BCUT2D eigenvalue weighted by Crippen LogP contribution is 2.48. The van der Waals surface area contributed by atoms with Gasteiger partial charge in [-0.1, -0.05) is 37.6 Å². The largest absolute Gasteiger partial charge is 0.269 e. The monoisotopic (exact) mass is 255 g/mol. The van der Waals surface area contributed by atoms with Gasteiger partial charge in [0.15, 0.2) is 0 Å². The Kier molecular flexibility index (Phi) is 2.43. The van der Waals surface area contributed by atoms with Gasteiger partial charge in [-0.2, -0.15) is 0 Å². The summed E-state index contributed by atoms with van der Waals surface area (Å²) in [7, 11) is 0. The first-order valence-corrected chi connectivity index (χ1v) is 6.56. The maximum absolute atomic E-state index is 11.9. The zero-order valence-corrected chi connectivity index (χ0v) is 11.4. The van der Waals surface area contributed by atoms with E-state index in [-0.39, 0.29) is 23.3 Å². The minimum absolute atomic E-state index is 0.00479. The Hall–Kier alpha value is -1.90. The molecule has 0 radical (unpaired) electrons. The van der Waals surface area contributed by atoms with Crippen molar-refractivity contribution in [3.63, 3.8) is 0 Å². The number of hydrogen-bond donors (Lipinski definition) is 0. The fraction of sp³-hybridized carbons (Fsp3) is 0.375. The number of benzene rings is 1. The number of nitrogens with zero attached hydrogens (tertiary/aromatic N) is 1. The highest BCUT2D eigenvalue weighted by molar-refractivity contribution is 6.13. The number of hydrogen-bond acceptors (Lipinski definition) is 2. The normalized spacial score (nSPS) is 24.2. The van der Waals surface area contributed by atoms with Crippen LogP contribution in [0.4, 0.5) is 0 Å². The number of amides is 2. The van der Waals surface area contributed by atoms with E-state index in [9.17, 15) is 9.59 Å². The molecule has 1 aliphatic heterocycles. The molecule has 3 nitrogen and oxygen atoms in total. The lowest BCUT2D eigenvalue weighted by atomic mass is 9.86. The molecule has 1 heterocycles. The molecule has 0 aromatic heterocycles. The first kappa shape index (κ1) is 12.2. The molecule has 0 fully saturated rings. The van der Waals surface area contributed by atoms with Gasteiger partial charge in [0.2, 0.25) is 0 Å². The van der Waals surface area contributed by atoms with Crippen LogP contribution in [0.3, 0.4) is 0 Å². The molecule has 19 heavy (non-hydrogen) atoms. The third-order valence-corrected chi connectivity index (χ3v) is 4.16. The van der Waals surface area contributed by atoms with E-state index in [0.717, 1.165) is 12.0 Å². The summed E-state index contributed by atoms with van der Waals surface area (Å²) in [6.07, 6.45) is 3.52. The van der Waals surface area contributed by atoms with Crippen molar-refractivity contribution >= 4 is 11.8 Å². The molecule has 3 heteroatoms. The van der Waals surface area contributed by atoms with Crippen LogP contribution in [0.5, 0.6) is 0 Å². The average molecular weight is 255 g/mol. The number of fused-ring (bicyclic) bond motifs is 1. The number of carbonyl (C=O) groups is 2. The summed E-state index contributed by atoms with van der Waals surface area (Å²) in [6.45, 7) is 6.41. The van der Waals surface area contributed by atoms with Crippen LogP contribution in [0.2, 0.25) is 0 Å². The Bertz CT molecular complexity index is 595. The summed E-state index contributed by atoms with van der Waals surface area (Å²) in [5.74, 6) is -0.390. The molecule has 0 unspecified atom stereocenters. The quantitative estimate of drug-likeness (QED) is 0.723. The van der Waals surface area contributed by atoms with Crippen molar-refractivity contribution in [2.24, 2.45) is 0 Å². The summed E-state index contributed by atoms with van der Waals surface area (Å²) in [4.78, 5) is 25.1. The maximum atomic E-state index is 11.9. The van der Waals surface area contributed by atoms with Crippen LogP contribution in [0, 0.1) is 6.92 Å². The minimum atomic E-state index is -0.195. The van der Waals surface area contributed by atoms with Gasteiger partial charge in [0, 0.05) is 12.2 Å². The number of aryl methyl sites for hydroxylation is 1. The molecule has 3 rings (SSSR count). The van der Waals surface area contributed by atoms with Crippen molar-refractivity contribution in [1.82, 2.24) is 4.90 Å². The van der Waals surface area contributed by atoms with Crippen LogP contribution < -0.4 is 0 Å². The Labute approximate surface area is 112 Å². The van der Waals surface area contributed by atoms with Gasteiger partial charge in [-0.05, 0) is 29.9 Å². The highest BCUT2D eigenvalue weighted by atomic mass is 16.2. The summed E-state index contributed by atoms with van der Waals surface area (Å²) in [5, 5.41) is 0. The lowest BCUT2D eigenvalue weighted by Gasteiger charge is -2.24. The molecule has 0 spiro atoms. The van der Waals surface area contributed by atoms with Crippen molar-refractivity contribution in [3.05, 3.63) is 47.0 Å². The number of carbonyl (C=O) groups excluding carboxylic acids is 2. The van der Waals surface area contributed by atoms with Gasteiger partial charge in [-0.25, -0.2) is 0 Å². The topological polar surface area (TPSA) is 37.4 Å². The van der Waals surface area contributed by atoms with Crippen LogP contribution in [0.25, 0.3) is 0 Å². The van der Waals surface area contributed by atoms with Crippen molar-refractivity contribution in [2.45, 2.75) is 38.6 Å². The van der Waals surface area contributed by atoms with Crippen LogP contribution >= 0.6 is 0 Å². The molecule has 0 saturated carbocycles. The van der Waals surface area contributed by atoms with Gasteiger partial charge in [-0.3, -0.25) is 14.5 Å². The van der Waals surface area contributed by atoms with Crippen molar-refractivity contribution in [1.29, 1.82) is 0 Å². The molecular weight excluding hydrogens is 238 g/mol. The van der Waals surface area contributed by atoms with Crippen molar-refractivity contribution < 1.29 is 9.59 Å². The fourth-order valence-electron chi connectivity index (χ4n) is 3.20. The molecule has 2 amide bonds. The number of rotatable bonds is 1. The summed E-state index contributed by atoms with van der Waals surface area (Å²) in [5.41, 5.74) is 3.57. The predicted molar refractivity (Wildman–Crippen MR) is 72.6 cm³/mol. The fourth-order valence-corrected chi connectivity index (χ4v) is 3.20. The lowest BCUT2D eigenvalue weighted by molar-refractivity contribution is -0.139. The van der Waals surface area contributed by atoms with Crippen molar-refractivity contribution in [3.8, 4) is 0 Å². The van der Waals surface area contributed by atoms with E-state index in [2.05, 4.69) is 32.9 Å². The SMILES string of the molecule is Cc1ccc2c(c1)C(C)(C)C[C@@H]2N1C(=O)C=CC1=O. The Morgan fingerprint density at radius 1 is 1.16 bits per heavy atom. The number of imide groups is 1. The zero-order valence-electron chi connectivity index (χ0n) is 11.4. The summed E-state index contributed by atoms with van der Waals surface area (Å²) >= 11 is 0. The van der Waals surface area contributed by atoms with Gasteiger partial charge in [-0.15, -0.1) is 0 Å². The van der Waals surface area contributed by atoms with Gasteiger partial charge in [0.25, 0.3) is 11.8 Å². The molecule has 1 atom stereocenters. The molecule has 1 aliphatic carbocycles. The molecule has 0 saturated heterocycles. The standard InChI is InChI=1S/C16H17NO2/c1-10-4-5-11-12(8-10)16(2,3)9-13(11)17-14(18)6-7-15(17)19/h4-8,13H,9H2,1-3H3/t13-/m0/s1. The predicted octanol–water partition coefficient (Wildman–Crippen LogP) is 2.64. The Morgan fingerprint density at radius 2 is 1.79 bits per heavy atom. The van der Waals surface area contributed by atoms with E-state index in [0.29, 0.717) is 0 Å².